The van der Waals surface area contributed by atoms with Crippen LogP contribution in [-0.2, 0) is 19.1 Å². The van der Waals surface area contributed by atoms with Crippen molar-refractivity contribution in [2.45, 2.75) is 50.3 Å². The topological polar surface area (TPSA) is 77.1 Å². The summed E-state index contributed by atoms with van der Waals surface area (Å²) in [6.07, 6.45) is -4.42. The Balaban J connectivity index is 1.25. The Kier molecular flexibility index (Phi) is 8.91. The number of alkyl halides is 3. The number of nitrogens with one attached hydrogen (secondary N) is 1. The second-order valence-electron chi connectivity index (χ2n) is 8.11. The van der Waals surface area contributed by atoms with E-state index in [2.05, 4.69) is 10.1 Å². The van der Waals surface area contributed by atoms with E-state index in [0.29, 0.717) is 25.9 Å². The molecule has 1 saturated heterocycles. The molecule has 2 fully saturated rings. The summed E-state index contributed by atoms with van der Waals surface area (Å²) in [5, 5.41) is 2.82. The Morgan fingerprint density at radius 1 is 1.12 bits per heavy atom. The van der Waals surface area contributed by atoms with Gasteiger partial charge >= 0.3 is 6.36 Å². The van der Waals surface area contributed by atoms with Crippen molar-refractivity contribution in [1.82, 2.24) is 10.2 Å². The fourth-order valence-corrected chi connectivity index (χ4v) is 3.78. The van der Waals surface area contributed by atoms with Gasteiger partial charge in [0.25, 0.3) is 5.91 Å². The molecule has 3 rings (SSSR count). The van der Waals surface area contributed by atoms with E-state index in [-0.39, 0.29) is 61.1 Å². The number of Topliss-reactive ketones (excluding diaryl/α,β-unsaturated/α-hetero) is 1. The minimum absolute atomic E-state index is 0.0317. The lowest BCUT2D eigenvalue weighted by atomic mass is 9.92. The van der Waals surface area contributed by atoms with Crippen LogP contribution in [0, 0.1) is 5.82 Å². The lowest BCUT2D eigenvalue weighted by molar-refractivity contribution is -0.357. The monoisotopic (exact) mass is 496 g/mol. The maximum Gasteiger partial charge on any atom is 0.522 e. The molecular formula is C21H25ClF4N2O5. The average Bonchev–Trinajstić information content (AvgIpc) is 2.71. The van der Waals surface area contributed by atoms with Crippen LogP contribution in [0.15, 0.2) is 18.2 Å². The molecule has 7 nitrogen and oxygen atoms in total. The standard InChI is InChI=1S/C21H25ClF4N2O5/c22-18-2-1-15(9-19(18)23)32-12-20(30)27-13-3-5-28(6-4-13)10-14(29)11-31-16-7-17(8-16)33-21(24,25)26/h1-2,9,13,16-17H,3-8,10-12H2,(H,27,30)/t16-,17+. The van der Waals surface area contributed by atoms with Crippen LogP contribution in [0.3, 0.4) is 0 Å². The van der Waals surface area contributed by atoms with Crippen molar-refractivity contribution in [3.8, 4) is 5.75 Å². The molecule has 0 unspecified atom stereocenters. The summed E-state index contributed by atoms with van der Waals surface area (Å²) in [5.74, 6) is -0.912. The summed E-state index contributed by atoms with van der Waals surface area (Å²) in [6, 6.07) is 3.86. The van der Waals surface area contributed by atoms with Crippen LogP contribution >= 0.6 is 11.6 Å². The quantitative estimate of drug-likeness (QED) is 0.502. The van der Waals surface area contributed by atoms with Gasteiger partial charge in [-0.2, -0.15) is 0 Å². The van der Waals surface area contributed by atoms with Gasteiger partial charge in [0.05, 0.1) is 23.8 Å². The number of hydrogen-bond donors (Lipinski definition) is 1. The van der Waals surface area contributed by atoms with E-state index in [1.807, 2.05) is 4.90 Å². The highest BCUT2D eigenvalue weighted by Crippen LogP contribution is 2.32. The molecule has 33 heavy (non-hydrogen) atoms. The van der Waals surface area contributed by atoms with E-state index in [1.165, 1.54) is 12.1 Å². The number of ketones is 1. The first-order valence-corrected chi connectivity index (χ1v) is 10.9. The second-order valence-corrected chi connectivity index (χ2v) is 8.52. The normalized spacial score (nSPS) is 22.0. The molecule has 1 aromatic rings. The van der Waals surface area contributed by atoms with E-state index in [4.69, 9.17) is 21.1 Å². The highest BCUT2D eigenvalue weighted by Gasteiger charge is 2.40. The summed E-state index contributed by atoms with van der Waals surface area (Å²) < 4.78 is 64.2. The Labute approximate surface area is 193 Å². The number of hydrogen-bond acceptors (Lipinski definition) is 6. The maximum absolute atomic E-state index is 13.4. The van der Waals surface area contributed by atoms with Gasteiger partial charge in [0, 0.05) is 38.0 Å². The van der Waals surface area contributed by atoms with Crippen LogP contribution in [0.2, 0.25) is 5.02 Å². The van der Waals surface area contributed by atoms with Crippen molar-refractivity contribution >= 4 is 23.3 Å². The zero-order valence-corrected chi connectivity index (χ0v) is 18.5. The van der Waals surface area contributed by atoms with Gasteiger partial charge in [-0.15, -0.1) is 13.2 Å². The number of likely N-dealkylation sites (tertiary alicyclic amines) is 1. The van der Waals surface area contributed by atoms with Gasteiger partial charge in [-0.25, -0.2) is 4.39 Å². The molecular weight excluding hydrogens is 472 g/mol. The largest absolute Gasteiger partial charge is 0.522 e. The van der Waals surface area contributed by atoms with Crippen LogP contribution in [0.5, 0.6) is 5.75 Å². The molecule has 1 aromatic carbocycles. The van der Waals surface area contributed by atoms with E-state index in [0.717, 1.165) is 6.07 Å². The van der Waals surface area contributed by atoms with Crippen LogP contribution in [-0.4, -0.2) is 74.1 Å². The molecule has 1 saturated carbocycles. The molecule has 1 heterocycles. The first kappa shape index (κ1) is 25.7. The highest BCUT2D eigenvalue weighted by atomic mass is 35.5. The number of carbonyl (C=O) groups excluding carboxylic acids is 2. The predicted octanol–water partition coefficient (Wildman–Crippen LogP) is 3.09. The molecule has 0 atom stereocenters. The van der Waals surface area contributed by atoms with Crippen LogP contribution in [0.25, 0.3) is 0 Å². The van der Waals surface area contributed by atoms with Gasteiger partial charge in [-0.3, -0.25) is 19.2 Å². The lowest BCUT2D eigenvalue weighted by Crippen LogP contribution is -2.47. The first-order valence-electron chi connectivity index (χ1n) is 10.5. The molecule has 0 radical (unpaired) electrons. The minimum atomic E-state index is -4.65. The molecule has 2 aliphatic rings. The van der Waals surface area contributed by atoms with Crippen LogP contribution < -0.4 is 10.1 Å². The molecule has 0 aromatic heterocycles. The maximum atomic E-state index is 13.4. The molecule has 12 heteroatoms. The van der Waals surface area contributed by atoms with Crippen molar-refractivity contribution in [2.75, 3.05) is 32.8 Å². The fraction of sp³-hybridized carbons (Fsp3) is 0.619. The highest BCUT2D eigenvalue weighted by molar-refractivity contribution is 6.30. The van der Waals surface area contributed by atoms with Gasteiger partial charge in [0.2, 0.25) is 0 Å². The SMILES string of the molecule is O=C(CO[C@H]1C[C@@H](OC(F)(F)F)C1)CN1CCC(NC(=O)COc2ccc(Cl)c(F)c2)CC1. The third-order valence-corrected chi connectivity index (χ3v) is 5.75. The third kappa shape index (κ3) is 8.73. The van der Waals surface area contributed by atoms with Gasteiger partial charge in [-0.1, -0.05) is 11.6 Å². The smallest absolute Gasteiger partial charge is 0.484 e. The molecule has 1 aliphatic carbocycles. The van der Waals surface area contributed by atoms with Crippen LogP contribution in [0.4, 0.5) is 17.6 Å². The summed E-state index contributed by atoms with van der Waals surface area (Å²) in [6.45, 7) is 0.979. The van der Waals surface area contributed by atoms with Crippen molar-refractivity contribution in [1.29, 1.82) is 0 Å². The minimum Gasteiger partial charge on any atom is -0.484 e. The van der Waals surface area contributed by atoms with Gasteiger partial charge in [0.15, 0.2) is 12.4 Å². The molecule has 0 bridgehead atoms. The number of rotatable bonds is 10. The number of benzene rings is 1. The van der Waals surface area contributed by atoms with Gasteiger partial charge in [0.1, 0.15) is 18.2 Å². The number of amides is 1. The number of nitrogens with zero attached hydrogens (tertiary/aromatic N) is 1. The van der Waals surface area contributed by atoms with E-state index in [1.54, 1.807) is 0 Å². The number of halogens is 5. The van der Waals surface area contributed by atoms with Crippen molar-refractivity contribution in [3.63, 3.8) is 0 Å². The third-order valence-electron chi connectivity index (χ3n) is 5.45. The molecule has 1 aliphatic heterocycles. The van der Waals surface area contributed by atoms with Gasteiger partial charge < -0.3 is 14.8 Å². The molecule has 0 spiro atoms. The van der Waals surface area contributed by atoms with Crippen molar-refractivity contribution in [3.05, 3.63) is 29.0 Å². The Morgan fingerprint density at radius 3 is 2.45 bits per heavy atom. The van der Waals surface area contributed by atoms with Gasteiger partial charge in [-0.05, 0) is 25.0 Å². The van der Waals surface area contributed by atoms with E-state index >= 15 is 0 Å². The lowest BCUT2D eigenvalue weighted by Gasteiger charge is -2.35. The van der Waals surface area contributed by atoms with Crippen molar-refractivity contribution in [2.24, 2.45) is 0 Å². The second kappa shape index (κ2) is 11.5. The zero-order valence-electron chi connectivity index (χ0n) is 17.7. The number of ether oxygens (including phenoxy) is 3. The number of carbonyl (C=O) groups is 2. The predicted molar refractivity (Wildman–Crippen MR) is 109 cm³/mol. The Hall–Kier alpha value is -1.95. The average molecular weight is 497 g/mol. The summed E-state index contributed by atoms with van der Waals surface area (Å²) in [5.41, 5.74) is 0. The summed E-state index contributed by atoms with van der Waals surface area (Å²) in [7, 11) is 0. The molecule has 1 N–H and O–H groups in total. The Bertz CT molecular complexity index is 827. The van der Waals surface area contributed by atoms with Crippen molar-refractivity contribution < 1.29 is 41.4 Å². The van der Waals surface area contributed by atoms with E-state index in [9.17, 15) is 27.2 Å². The summed E-state index contributed by atoms with van der Waals surface area (Å²) in [4.78, 5) is 26.1. The molecule has 184 valence electrons. The zero-order chi connectivity index (χ0) is 24.0. The fourth-order valence-electron chi connectivity index (χ4n) is 3.66. The number of piperidine rings is 1. The van der Waals surface area contributed by atoms with Crippen LogP contribution in [0.1, 0.15) is 25.7 Å². The Morgan fingerprint density at radius 2 is 1.82 bits per heavy atom. The first-order chi connectivity index (χ1) is 15.6. The van der Waals surface area contributed by atoms with E-state index < -0.39 is 24.4 Å². The molecule has 1 amide bonds. The summed E-state index contributed by atoms with van der Waals surface area (Å²) >= 11 is 5.60.